The van der Waals surface area contributed by atoms with Gasteiger partial charge in [-0.15, -0.1) is 0 Å². The Labute approximate surface area is 166 Å². The van der Waals surface area contributed by atoms with Crippen LogP contribution < -0.4 is 5.32 Å². The molecule has 28 heavy (non-hydrogen) atoms. The fraction of sp³-hybridized carbons (Fsp3) is 0.0435. The average molecular weight is 390 g/mol. The van der Waals surface area contributed by atoms with Gasteiger partial charge < -0.3 is 9.73 Å². The zero-order valence-corrected chi connectivity index (χ0v) is 15.6. The molecule has 0 saturated carbocycles. The summed E-state index contributed by atoms with van der Waals surface area (Å²) in [6, 6.07) is 23.2. The summed E-state index contributed by atoms with van der Waals surface area (Å²) in [6.45, 7) is 0. The van der Waals surface area contributed by atoms with Gasteiger partial charge in [0.05, 0.1) is 12.1 Å². The van der Waals surface area contributed by atoms with E-state index >= 15 is 0 Å². The fourth-order valence-electron chi connectivity index (χ4n) is 3.02. The van der Waals surface area contributed by atoms with Gasteiger partial charge >= 0.3 is 0 Å². The first-order chi connectivity index (χ1) is 13.6. The molecule has 0 spiro atoms. The van der Waals surface area contributed by atoms with E-state index in [0.29, 0.717) is 27.2 Å². The third kappa shape index (κ3) is 3.68. The summed E-state index contributed by atoms with van der Waals surface area (Å²) in [5.41, 5.74) is 2.26. The fourth-order valence-corrected chi connectivity index (χ4v) is 3.15. The van der Waals surface area contributed by atoms with E-state index in [-0.39, 0.29) is 23.9 Å². The van der Waals surface area contributed by atoms with Crippen LogP contribution in [0.4, 0.5) is 5.69 Å². The maximum Gasteiger partial charge on any atom is 0.230 e. The first-order valence-corrected chi connectivity index (χ1v) is 9.15. The van der Waals surface area contributed by atoms with Crippen LogP contribution in [0.5, 0.6) is 0 Å². The van der Waals surface area contributed by atoms with E-state index in [1.165, 1.54) is 0 Å². The van der Waals surface area contributed by atoms with Crippen LogP contribution in [0.15, 0.2) is 83.3 Å². The van der Waals surface area contributed by atoms with E-state index in [2.05, 4.69) is 5.32 Å². The van der Waals surface area contributed by atoms with Gasteiger partial charge in [0.15, 0.2) is 5.76 Å². The molecule has 1 amide bonds. The largest absolute Gasteiger partial charge is 0.450 e. The molecule has 0 aliphatic heterocycles. The van der Waals surface area contributed by atoms with Crippen molar-refractivity contribution in [2.45, 2.75) is 6.42 Å². The Hall–Kier alpha value is -3.37. The third-order valence-corrected chi connectivity index (χ3v) is 4.63. The maximum atomic E-state index is 13.0. The molecule has 0 aliphatic carbocycles. The lowest BCUT2D eigenvalue weighted by atomic mass is 10.1. The standard InChI is InChI=1S/C23H16ClNO3/c24-17-12-10-15(11-13-17)14-20(26)25-21-18-8-4-5-9-19(18)28-23(21)22(27)16-6-2-1-3-7-16/h1-13H,14H2,(H,25,26). The predicted molar refractivity (Wildman–Crippen MR) is 110 cm³/mol. The second-order valence-corrected chi connectivity index (χ2v) is 6.79. The second kappa shape index (κ2) is 7.71. The highest BCUT2D eigenvalue weighted by atomic mass is 35.5. The summed E-state index contributed by atoms with van der Waals surface area (Å²) in [5, 5.41) is 4.16. The Kier molecular flexibility index (Phi) is 4.96. The molecule has 0 atom stereocenters. The number of benzene rings is 3. The molecule has 5 heteroatoms. The molecule has 0 fully saturated rings. The number of amides is 1. The van der Waals surface area contributed by atoms with Crippen molar-refractivity contribution in [1.82, 2.24) is 0 Å². The average Bonchev–Trinajstić information content (AvgIpc) is 3.08. The number of para-hydroxylation sites is 1. The van der Waals surface area contributed by atoms with Crippen molar-refractivity contribution in [3.05, 3.63) is 101 Å². The minimum Gasteiger partial charge on any atom is -0.450 e. The lowest BCUT2D eigenvalue weighted by Crippen LogP contribution is -2.16. The monoisotopic (exact) mass is 389 g/mol. The highest BCUT2D eigenvalue weighted by molar-refractivity contribution is 6.30. The van der Waals surface area contributed by atoms with E-state index in [1.807, 2.05) is 24.3 Å². The van der Waals surface area contributed by atoms with Crippen LogP contribution in [0.1, 0.15) is 21.7 Å². The number of carbonyl (C=O) groups is 2. The Bertz CT molecular complexity index is 1150. The van der Waals surface area contributed by atoms with Crippen molar-refractivity contribution in [3.8, 4) is 0 Å². The summed E-state index contributed by atoms with van der Waals surface area (Å²) < 4.78 is 5.80. The van der Waals surface area contributed by atoms with E-state index in [0.717, 1.165) is 5.56 Å². The molecule has 4 aromatic rings. The quantitative estimate of drug-likeness (QED) is 0.458. The topological polar surface area (TPSA) is 59.3 Å². The lowest BCUT2D eigenvalue weighted by Gasteiger charge is -2.06. The number of rotatable bonds is 5. The van der Waals surface area contributed by atoms with E-state index in [9.17, 15) is 9.59 Å². The van der Waals surface area contributed by atoms with Crippen LogP contribution in [0.25, 0.3) is 11.0 Å². The molecule has 1 N–H and O–H groups in total. The van der Waals surface area contributed by atoms with Crippen molar-refractivity contribution < 1.29 is 14.0 Å². The van der Waals surface area contributed by atoms with Crippen LogP contribution in [0.3, 0.4) is 0 Å². The van der Waals surface area contributed by atoms with Gasteiger partial charge in [-0.3, -0.25) is 9.59 Å². The minimum atomic E-state index is -0.279. The smallest absolute Gasteiger partial charge is 0.230 e. The number of hydrogen-bond donors (Lipinski definition) is 1. The Morgan fingerprint density at radius 2 is 1.54 bits per heavy atom. The SMILES string of the molecule is O=C(Cc1ccc(Cl)cc1)Nc1c(C(=O)c2ccccc2)oc2ccccc12. The van der Waals surface area contributed by atoms with Crippen molar-refractivity contribution in [3.63, 3.8) is 0 Å². The highest BCUT2D eigenvalue weighted by Gasteiger charge is 2.23. The van der Waals surface area contributed by atoms with Crippen molar-refractivity contribution in [1.29, 1.82) is 0 Å². The van der Waals surface area contributed by atoms with Crippen LogP contribution in [0.2, 0.25) is 5.02 Å². The second-order valence-electron chi connectivity index (χ2n) is 6.35. The maximum absolute atomic E-state index is 13.0. The van der Waals surface area contributed by atoms with Crippen molar-refractivity contribution >= 4 is 39.9 Å². The molecular formula is C23H16ClNO3. The van der Waals surface area contributed by atoms with Gasteiger partial charge in [-0.05, 0) is 29.8 Å². The van der Waals surface area contributed by atoms with Gasteiger partial charge in [-0.25, -0.2) is 0 Å². The molecule has 0 radical (unpaired) electrons. The van der Waals surface area contributed by atoms with Crippen LogP contribution in [-0.4, -0.2) is 11.7 Å². The summed E-state index contributed by atoms with van der Waals surface area (Å²) >= 11 is 5.89. The predicted octanol–water partition coefficient (Wildman–Crippen LogP) is 5.50. The summed E-state index contributed by atoms with van der Waals surface area (Å²) in [6.07, 6.45) is 0.162. The molecule has 1 heterocycles. The number of halogens is 1. The zero-order chi connectivity index (χ0) is 19.5. The highest BCUT2D eigenvalue weighted by Crippen LogP contribution is 2.32. The van der Waals surface area contributed by atoms with Gasteiger partial charge in [0.1, 0.15) is 5.58 Å². The van der Waals surface area contributed by atoms with Crippen molar-refractivity contribution in [2.75, 3.05) is 5.32 Å². The Balaban J connectivity index is 1.68. The van der Waals surface area contributed by atoms with Gasteiger partial charge in [0.25, 0.3) is 0 Å². The normalized spacial score (nSPS) is 10.8. The number of hydrogen-bond acceptors (Lipinski definition) is 3. The third-order valence-electron chi connectivity index (χ3n) is 4.38. The number of carbonyl (C=O) groups excluding carboxylic acids is 2. The number of ketones is 1. The van der Waals surface area contributed by atoms with E-state index in [1.54, 1.807) is 54.6 Å². The summed E-state index contributed by atoms with van der Waals surface area (Å²) in [5.74, 6) is -0.397. The molecule has 0 unspecified atom stereocenters. The van der Waals surface area contributed by atoms with Crippen LogP contribution in [-0.2, 0) is 11.2 Å². The molecule has 138 valence electrons. The molecule has 0 aliphatic rings. The summed E-state index contributed by atoms with van der Waals surface area (Å²) in [4.78, 5) is 25.6. The molecule has 1 aromatic heterocycles. The molecule has 0 saturated heterocycles. The van der Waals surface area contributed by atoms with Gasteiger partial charge in [0, 0.05) is 16.0 Å². The Morgan fingerprint density at radius 1 is 0.857 bits per heavy atom. The number of furan rings is 1. The number of anilines is 1. The molecular weight excluding hydrogens is 374 g/mol. The van der Waals surface area contributed by atoms with Crippen LogP contribution in [0, 0.1) is 0 Å². The summed E-state index contributed by atoms with van der Waals surface area (Å²) in [7, 11) is 0. The molecule has 3 aromatic carbocycles. The molecule has 4 rings (SSSR count). The van der Waals surface area contributed by atoms with Gasteiger partial charge in [0.2, 0.25) is 11.7 Å². The van der Waals surface area contributed by atoms with Crippen LogP contribution >= 0.6 is 11.6 Å². The minimum absolute atomic E-state index is 0.122. The molecule has 0 bridgehead atoms. The van der Waals surface area contributed by atoms with E-state index < -0.39 is 0 Å². The lowest BCUT2D eigenvalue weighted by molar-refractivity contribution is -0.115. The van der Waals surface area contributed by atoms with E-state index in [4.69, 9.17) is 16.0 Å². The zero-order valence-electron chi connectivity index (χ0n) is 14.8. The van der Waals surface area contributed by atoms with Crippen molar-refractivity contribution in [2.24, 2.45) is 0 Å². The van der Waals surface area contributed by atoms with Gasteiger partial charge in [-0.1, -0.05) is 66.2 Å². The number of fused-ring (bicyclic) bond motifs is 1. The van der Waals surface area contributed by atoms with Gasteiger partial charge in [-0.2, -0.15) is 0 Å². The number of nitrogens with one attached hydrogen (secondary N) is 1. The Morgan fingerprint density at radius 3 is 2.29 bits per heavy atom. The first kappa shape index (κ1) is 18.0. The first-order valence-electron chi connectivity index (χ1n) is 8.77. The molecule has 4 nitrogen and oxygen atoms in total.